The van der Waals surface area contributed by atoms with Crippen LogP contribution >= 0.6 is 15.9 Å². The third-order valence-electron chi connectivity index (χ3n) is 3.14. The van der Waals surface area contributed by atoms with Crippen LogP contribution in [0.4, 0.5) is 0 Å². The Morgan fingerprint density at radius 1 is 1.42 bits per heavy atom. The molecule has 0 bridgehead atoms. The van der Waals surface area contributed by atoms with Crippen molar-refractivity contribution in [2.24, 2.45) is 0 Å². The van der Waals surface area contributed by atoms with Gasteiger partial charge in [-0.25, -0.2) is 0 Å². The summed E-state index contributed by atoms with van der Waals surface area (Å²) in [5.74, 6) is 1.11. The van der Waals surface area contributed by atoms with Crippen LogP contribution in [0.15, 0.2) is 10.5 Å². The summed E-state index contributed by atoms with van der Waals surface area (Å²) in [7, 11) is 0. The third-order valence-corrected chi connectivity index (χ3v) is 3.72. The van der Waals surface area contributed by atoms with E-state index in [1.807, 2.05) is 6.07 Å². The lowest BCUT2D eigenvalue weighted by molar-refractivity contribution is -0.137. The maximum Gasteiger partial charge on any atom is 0.303 e. The van der Waals surface area contributed by atoms with Gasteiger partial charge in [-0.2, -0.15) is 0 Å². The van der Waals surface area contributed by atoms with Gasteiger partial charge in [0.05, 0.1) is 4.47 Å². The van der Waals surface area contributed by atoms with Crippen molar-refractivity contribution in [3.8, 4) is 11.5 Å². The van der Waals surface area contributed by atoms with Crippen LogP contribution in [0.25, 0.3) is 0 Å². The maximum absolute atomic E-state index is 10.6. The normalized spacial score (nSPS) is 13.1. The second-order valence-electron chi connectivity index (χ2n) is 4.90. The zero-order valence-corrected chi connectivity index (χ0v) is 12.6. The van der Waals surface area contributed by atoms with Crippen molar-refractivity contribution in [3.63, 3.8) is 0 Å². The molecule has 1 N–H and O–H groups in total. The van der Waals surface area contributed by atoms with Crippen molar-refractivity contribution in [1.29, 1.82) is 0 Å². The Hall–Kier alpha value is -1.23. The molecule has 1 aromatic rings. The van der Waals surface area contributed by atoms with E-state index in [9.17, 15) is 4.79 Å². The lowest BCUT2D eigenvalue weighted by atomic mass is 9.92. The van der Waals surface area contributed by atoms with Gasteiger partial charge in [-0.3, -0.25) is 4.79 Å². The number of carboxylic acid groups (broad SMARTS) is 1. The van der Waals surface area contributed by atoms with E-state index in [0.717, 1.165) is 33.5 Å². The number of hydrogen-bond donors (Lipinski definition) is 1. The van der Waals surface area contributed by atoms with Crippen molar-refractivity contribution >= 4 is 21.9 Å². The van der Waals surface area contributed by atoms with E-state index in [4.69, 9.17) is 14.6 Å². The molecular formula is C14H17BrO4. The van der Waals surface area contributed by atoms with Crippen LogP contribution in [0, 0.1) is 0 Å². The molecule has 1 aromatic carbocycles. The Morgan fingerprint density at radius 2 is 2.11 bits per heavy atom. The summed E-state index contributed by atoms with van der Waals surface area (Å²) in [6.45, 7) is 4.45. The number of hydrogen-bond acceptors (Lipinski definition) is 3. The molecule has 1 aliphatic rings. The predicted octanol–water partition coefficient (Wildman–Crippen LogP) is 3.71. The third kappa shape index (κ3) is 3.03. The standard InChI is InChI=1S/C14H17BrO4/c1-8(2)12-9(4-3-5-11(16)17)6-10(15)13-14(12)19-7-18-13/h6,8H,3-5,7H2,1-2H3,(H,16,17). The summed E-state index contributed by atoms with van der Waals surface area (Å²) in [6.07, 6.45) is 1.54. The fourth-order valence-electron chi connectivity index (χ4n) is 2.37. The molecule has 1 heterocycles. The molecule has 0 saturated heterocycles. The first-order valence-electron chi connectivity index (χ1n) is 6.33. The largest absolute Gasteiger partial charge is 0.481 e. The summed E-state index contributed by atoms with van der Waals surface area (Å²) in [5.41, 5.74) is 2.26. The van der Waals surface area contributed by atoms with Crippen LogP contribution in [0.3, 0.4) is 0 Å². The van der Waals surface area contributed by atoms with E-state index in [0.29, 0.717) is 12.3 Å². The van der Waals surface area contributed by atoms with Gasteiger partial charge in [0.25, 0.3) is 0 Å². The van der Waals surface area contributed by atoms with Gasteiger partial charge in [-0.05, 0) is 46.3 Å². The first-order chi connectivity index (χ1) is 9.00. The monoisotopic (exact) mass is 328 g/mol. The lowest BCUT2D eigenvalue weighted by Crippen LogP contribution is -2.02. The van der Waals surface area contributed by atoms with Crippen molar-refractivity contribution in [3.05, 3.63) is 21.7 Å². The zero-order chi connectivity index (χ0) is 14.0. The molecular weight excluding hydrogens is 312 g/mol. The molecule has 0 aliphatic carbocycles. The minimum Gasteiger partial charge on any atom is -0.481 e. The predicted molar refractivity (Wildman–Crippen MR) is 74.9 cm³/mol. The first-order valence-corrected chi connectivity index (χ1v) is 7.12. The smallest absolute Gasteiger partial charge is 0.303 e. The van der Waals surface area contributed by atoms with Crippen LogP contribution < -0.4 is 9.47 Å². The number of aliphatic carboxylic acids is 1. The zero-order valence-electron chi connectivity index (χ0n) is 11.0. The van der Waals surface area contributed by atoms with Gasteiger partial charge in [0.1, 0.15) is 0 Å². The van der Waals surface area contributed by atoms with Crippen molar-refractivity contribution in [1.82, 2.24) is 0 Å². The van der Waals surface area contributed by atoms with Crippen molar-refractivity contribution in [2.75, 3.05) is 6.79 Å². The topological polar surface area (TPSA) is 55.8 Å². The summed E-state index contributed by atoms with van der Waals surface area (Å²) in [4.78, 5) is 10.6. The molecule has 2 rings (SSSR count). The number of ether oxygens (including phenoxy) is 2. The van der Waals surface area contributed by atoms with Gasteiger partial charge in [0.2, 0.25) is 6.79 Å². The van der Waals surface area contributed by atoms with Crippen LogP contribution in [-0.2, 0) is 11.2 Å². The highest BCUT2D eigenvalue weighted by atomic mass is 79.9. The van der Waals surface area contributed by atoms with Crippen LogP contribution in [-0.4, -0.2) is 17.9 Å². The fourth-order valence-corrected chi connectivity index (χ4v) is 2.94. The molecule has 0 fully saturated rings. The molecule has 0 unspecified atom stereocenters. The quantitative estimate of drug-likeness (QED) is 0.895. The fraction of sp³-hybridized carbons (Fsp3) is 0.500. The summed E-state index contributed by atoms with van der Waals surface area (Å²) < 4.78 is 11.9. The Balaban J connectivity index is 2.31. The second kappa shape index (κ2) is 5.82. The van der Waals surface area contributed by atoms with E-state index in [-0.39, 0.29) is 13.2 Å². The van der Waals surface area contributed by atoms with E-state index in [2.05, 4.69) is 29.8 Å². The van der Waals surface area contributed by atoms with Gasteiger partial charge in [-0.1, -0.05) is 13.8 Å². The number of carbonyl (C=O) groups is 1. The van der Waals surface area contributed by atoms with Gasteiger partial charge in [0.15, 0.2) is 11.5 Å². The highest BCUT2D eigenvalue weighted by molar-refractivity contribution is 9.10. The summed E-state index contributed by atoms with van der Waals surface area (Å²) in [6, 6.07) is 2.02. The molecule has 0 radical (unpaired) electrons. The molecule has 0 amide bonds. The maximum atomic E-state index is 10.6. The lowest BCUT2D eigenvalue weighted by Gasteiger charge is -2.16. The van der Waals surface area contributed by atoms with Gasteiger partial charge in [0, 0.05) is 12.0 Å². The number of carboxylic acids is 1. The minimum absolute atomic E-state index is 0.184. The molecule has 104 valence electrons. The van der Waals surface area contributed by atoms with Crippen LogP contribution in [0.1, 0.15) is 43.7 Å². The second-order valence-corrected chi connectivity index (χ2v) is 5.75. The number of halogens is 1. The van der Waals surface area contributed by atoms with E-state index >= 15 is 0 Å². The Morgan fingerprint density at radius 3 is 2.74 bits per heavy atom. The first kappa shape index (κ1) is 14.2. The van der Waals surface area contributed by atoms with Crippen molar-refractivity contribution < 1.29 is 19.4 Å². The highest BCUT2D eigenvalue weighted by Gasteiger charge is 2.25. The molecule has 4 nitrogen and oxygen atoms in total. The molecule has 19 heavy (non-hydrogen) atoms. The summed E-state index contributed by atoms with van der Waals surface area (Å²) in [5, 5.41) is 8.73. The number of rotatable bonds is 5. The summed E-state index contributed by atoms with van der Waals surface area (Å²) >= 11 is 3.48. The van der Waals surface area contributed by atoms with Crippen LogP contribution in [0.2, 0.25) is 0 Å². The molecule has 1 aliphatic heterocycles. The molecule has 0 aromatic heterocycles. The molecule has 0 atom stereocenters. The van der Waals surface area contributed by atoms with E-state index in [1.165, 1.54) is 0 Å². The Kier molecular flexibility index (Phi) is 4.34. The van der Waals surface area contributed by atoms with E-state index < -0.39 is 5.97 Å². The Bertz CT molecular complexity index is 497. The molecule has 5 heteroatoms. The molecule has 0 saturated carbocycles. The Labute approximate surface area is 120 Å². The van der Waals surface area contributed by atoms with Crippen molar-refractivity contribution in [2.45, 2.75) is 39.0 Å². The average molecular weight is 329 g/mol. The van der Waals surface area contributed by atoms with Crippen LogP contribution in [0.5, 0.6) is 11.5 Å². The van der Waals surface area contributed by atoms with Gasteiger partial charge in [-0.15, -0.1) is 0 Å². The van der Waals surface area contributed by atoms with E-state index in [1.54, 1.807) is 0 Å². The van der Waals surface area contributed by atoms with Gasteiger partial charge < -0.3 is 14.6 Å². The SMILES string of the molecule is CC(C)c1c(CCCC(=O)O)cc(Br)c2c1OCO2. The number of fused-ring (bicyclic) bond motifs is 1. The van der Waals surface area contributed by atoms with Gasteiger partial charge >= 0.3 is 5.97 Å². The highest BCUT2D eigenvalue weighted by Crippen LogP contribution is 2.46. The molecule has 0 spiro atoms. The number of benzene rings is 1. The minimum atomic E-state index is -0.758. The average Bonchev–Trinajstić information content (AvgIpc) is 2.77. The number of aryl methyl sites for hydroxylation is 1.